The maximum Gasteiger partial charge on any atom is 0.271 e. The van der Waals surface area contributed by atoms with Crippen molar-refractivity contribution >= 4 is 40.3 Å². The van der Waals surface area contributed by atoms with Gasteiger partial charge in [-0.1, -0.05) is 42.5 Å². The number of carbonyl (C=O) groups is 1. The minimum absolute atomic E-state index is 0.108. The highest BCUT2D eigenvalue weighted by Gasteiger charge is 2.22. The smallest absolute Gasteiger partial charge is 0.271 e. The Morgan fingerprint density at radius 2 is 1.78 bits per heavy atom. The molecule has 0 aliphatic heterocycles. The van der Waals surface area contributed by atoms with Crippen molar-refractivity contribution in [3.05, 3.63) is 94.0 Å². The lowest BCUT2D eigenvalue weighted by molar-refractivity contribution is -0.384. The summed E-state index contributed by atoms with van der Waals surface area (Å²) in [4.78, 5) is 23.7. The number of ether oxygens (including phenoxy) is 1. The fraction of sp³-hybridized carbons (Fsp3) is 0.130. The molecular formula is C23H22N4O4S. The SMILES string of the molecule is COc1ccc([N+](=O)[O-])cc1NC(=S)NC(C(=O)Nc1cccc(C)c1)c1ccccc1. The normalized spacial score (nSPS) is 11.2. The molecule has 8 nitrogen and oxygen atoms in total. The maximum atomic E-state index is 13.1. The fourth-order valence-electron chi connectivity index (χ4n) is 3.08. The average Bonchev–Trinajstić information content (AvgIpc) is 2.78. The van der Waals surface area contributed by atoms with Crippen LogP contribution in [0.15, 0.2) is 72.8 Å². The van der Waals surface area contributed by atoms with E-state index in [1.54, 1.807) is 6.07 Å². The molecule has 0 bridgehead atoms. The number of nitro benzene ring substituents is 1. The highest BCUT2D eigenvalue weighted by atomic mass is 32.1. The Labute approximate surface area is 190 Å². The first-order chi connectivity index (χ1) is 15.4. The molecule has 3 N–H and O–H groups in total. The Hall–Kier alpha value is -3.98. The van der Waals surface area contributed by atoms with Gasteiger partial charge in [0.2, 0.25) is 0 Å². The molecule has 0 aliphatic carbocycles. The second-order valence-electron chi connectivity index (χ2n) is 6.94. The van der Waals surface area contributed by atoms with Crippen LogP contribution in [0.25, 0.3) is 0 Å². The lowest BCUT2D eigenvalue weighted by Crippen LogP contribution is -2.39. The Balaban J connectivity index is 1.82. The summed E-state index contributed by atoms with van der Waals surface area (Å²) in [6.45, 7) is 1.94. The van der Waals surface area contributed by atoms with Gasteiger partial charge in [0.25, 0.3) is 11.6 Å². The number of rotatable bonds is 7. The molecule has 1 amide bonds. The van der Waals surface area contributed by atoms with Crippen LogP contribution in [-0.4, -0.2) is 23.1 Å². The number of aryl methyl sites for hydroxylation is 1. The number of carbonyl (C=O) groups excluding carboxylic acids is 1. The van der Waals surface area contributed by atoms with Crippen LogP contribution < -0.4 is 20.7 Å². The quantitative estimate of drug-likeness (QED) is 0.275. The van der Waals surface area contributed by atoms with Crippen molar-refractivity contribution in [1.82, 2.24) is 5.32 Å². The van der Waals surface area contributed by atoms with E-state index in [0.717, 1.165) is 5.56 Å². The van der Waals surface area contributed by atoms with Crippen molar-refractivity contribution in [2.45, 2.75) is 13.0 Å². The Kier molecular flexibility index (Phi) is 7.35. The van der Waals surface area contributed by atoms with E-state index in [4.69, 9.17) is 17.0 Å². The number of hydrogen-bond donors (Lipinski definition) is 3. The molecule has 0 aliphatic rings. The molecule has 3 aromatic carbocycles. The number of nitro groups is 1. The standard InChI is InChI=1S/C23H22N4O4S/c1-15-7-6-10-17(13-15)24-22(28)21(16-8-4-3-5-9-16)26-23(32)25-19-14-18(27(29)30)11-12-20(19)31-2/h3-14,21H,1-2H3,(H,24,28)(H2,25,26,32). The first-order valence-electron chi connectivity index (χ1n) is 9.70. The van der Waals surface area contributed by atoms with Crippen LogP contribution in [0, 0.1) is 17.0 Å². The summed E-state index contributed by atoms with van der Waals surface area (Å²) < 4.78 is 5.26. The molecule has 3 rings (SSSR count). The number of benzene rings is 3. The van der Waals surface area contributed by atoms with Gasteiger partial charge in [-0.2, -0.15) is 0 Å². The highest BCUT2D eigenvalue weighted by molar-refractivity contribution is 7.80. The topological polar surface area (TPSA) is 106 Å². The number of nitrogens with zero attached hydrogens (tertiary/aromatic N) is 1. The summed E-state index contributed by atoms with van der Waals surface area (Å²) in [7, 11) is 1.45. The number of methoxy groups -OCH3 is 1. The Bertz CT molecular complexity index is 1140. The molecule has 0 fully saturated rings. The van der Waals surface area contributed by atoms with E-state index < -0.39 is 11.0 Å². The van der Waals surface area contributed by atoms with Crippen molar-refractivity contribution < 1.29 is 14.5 Å². The van der Waals surface area contributed by atoms with Crippen LogP contribution in [0.5, 0.6) is 5.75 Å². The van der Waals surface area contributed by atoms with Gasteiger partial charge in [-0.05, 0) is 48.5 Å². The van der Waals surface area contributed by atoms with E-state index >= 15 is 0 Å². The molecule has 0 aromatic heterocycles. The molecule has 0 saturated carbocycles. The largest absolute Gasteiger partial charge is 0.495 e. The molecule has 0 saturated heterocycles. The molecule has 0 spiro atoms. The first-order valence-corrected chi connectivity index (χ1v) is 10.1. The summed E-state index contributed by atoms with van der Waals surface area (Å²) in [5.74, 6) is 0.0668. The molecule has 32 heavy (non-hydrogen) atoms. The minimum Gasteiger partial charge on any atom is -0.495 e. The number of nitrogens with one attached hydrogen (secondary N) is 3. The maximum absolute atomic E-state index is 13.1. The van der Waals surface area contributed by atoms with Gasteiger partial charge in [0, 0.05) is 17.8 Å². The average molecular weight is 451 g/mol. The number of anilines is 2. The lowest BCUT2D eigenvalue weighted by Gasteiger charge is -2.21. The second kappa shape index (κ2) is 10.4. The number of thiocarbonyl (C=S) groups is 1. The van der Waals surface area contributed by atoms with E-state index in [-0.39, 0.29) is 16.7 Å². The van der Waals surface area contributed by atoms with Crippen LogP contribution in [0.4, 0.5) is 17.1 Å². The second-order valence-corrected chi connectivity index (χ2v) is 7.35. The third-order valence-electron chi connectivity index (χ3n) is 4.60. The minimum atomic E-state index is -0.804. The predicted octanol–water partition coefficient (Wildman–Crippen LogP) is 4.58. The van der Waals surface area contributed by atoms with Crippen molar-refractivity contribution in [2.75, 3.05) is 17.7 Å². The molecule has 0 radical (unpaired) electrons. The Morgan fingerprint density at radius 1 is 1.03 bits per heavy atom. The third kappa shape index (κ3) is 5.79. The molecule has 0 heterocycles. The van der Waals surface area contributed by atoms with Crippen molar-refractivity contribution in [3.8, 4) is 5.75 Å². The van der Waals surface area contributed by atoms with Gasteiger partial charge < -0.3 is 20.7 Å². The van der Waals surface area contributed by atoms with Crippen LogP contribution >= 0.6 is 12.2 Å². The van der Waals surface area contributed by atoms with Crippen LogP contribution in [0.2, 0.25) is 0 Å². The predicted molar refractivity (Wildman–Crippen MR) is 128 cm³/mol. The summed E-state index contributed by atoms with van der Waals surface area (Å²) >= 11 is 5.41. The van der Waals surface area contributed by atoms with Gasteiger partial charge in [-0.3, -0.25) is 14.9 Å². The van der Waals surface area contributed by atoms with Crippen LogP contribution in [0.1, 0.15) is 17.2 Å². The van der Waals surface area contributed by atoms with Crippen molar-refractivity contribution in [3.63, 3.8) is 0 Å². The number of amides is 1. The van der Waals surface area contributed by atoms with Gasteiger partial charge >= 0.3 is 0 Å². The molecule has 3 aromatic rings. The molecular weight excluding hydrogens is 428 g/mol. The summed E-state index contributed by atoms with van der Waals surface area (Å²) in [6.07, 6.45) is 0. The van der Waals surface area contributed by atoms with Crippen molar-refractivity contribution in [2.24, 2.45) is 0 Å². The Morgan fingerprint density at radius 3 is 2.44 bits per heavy atom. The van der Waals surface area contributed by atoms with Gasteiger partial charge in [0.05, 0.1) is 17.7 Å². The number of hydrogen-bond acceptors (Lipinski definition) is 5. The molecule has 9 heteroatoms. The zero-order chi connectivity index (χ0) is 23.1. The zero-order valence-electron chi connectivity index (χ0n) is 17.5. The molecule has 1 atom stereocenters. The lowest BCUT2D eigenvalue weighted by atomic mass is 10.1. The van der Waals surface area contributed by atoms with Crippen LogP contribution in [0.3, 0.4) is 0 Å². The summed E-state index contributed by atoms with van der Waals surface area (Å²) in [5, 5.41) is 20.0. The van der Waals surface area contributed by atoms with E-state index in [2.05, 4.69) is 16.0 Å². The summed E-state index contributed by atoms with van der Waals surface area (Å²) in [6, 6.07) is 19.9. The van der Waals surface area contributed by atoms with E-state index in [1.807, 2.05) is 55.5 Å². The highest BCUT2D eigenvalue weighted by Crippen LogP contribution is 2.29. The summed E-state index contributed by atoms with van der Waals surface area (Å²) in [5.41, 5.74) is 2.57. The van der Waals surface area contributed by atoms with Gasteiger partial charge in [-0.15, -0.1) is 0 Å². The van der Waals surface area contributed by atoms with E-state index in [1.165, 1.54) is 25.3 Å². The first kappa shape index (κ1) is 22.7. The van der Waals surface area contributed by atoms with Gasteiger partial charge in [-0.25, -0.2) is 0 Å². The van der Waals surface area contributed by atoms with E-state index in [0.29, 0.717) is 22.7 Å². The monoisotopic (exact) mass is 450 g/mol. The van der Waals surface area contributed by atoms with Crippen LogP contribution in [-0.2, 0) is 4.79 Å². The molecule has 1 unspecified atom stereocenters. The molecule has 164 valence electrons. The third-order valence-corrected chi connectivity index (χ3v) is 4.82. The van der Waals surface area contributed by atoms with Gasteiger partial charge in [0.15, 0.2) is 5.11 Å². The number of non-ortho nitro benzene ring substituents is 1. The zero-order valence-corrected chi connectivity index (χ0v) is 18.3. The van der Waals surface area contributed by atoms with Gasteiger partial charge in [0.1, 0.15) is 11.8 Å². The van der Waals surface area contributed by atoms with Crippen molar-refractivity contribution in [1.29, 1.82) is 0 Å². The fourth-order valence-corrected chi connectivity index (χ4v) is 3.31. The van der Waals surface area contributed by atoms with E-state index in [9.17, 15) is 14.9 Å².